The quantitative estimate of drug-likeness (QED) is 0.258. The first-order chi connectivity index (χ1) is 15.3. The second kappa shape index (κ2) is 13.3. The lowest BCUT2D eigenvalue weighted by molar-refractivity contribution is 0.0177. The second-order valence-electron chi connectivity index (χ2n) is 8.01. The van der Waals surface area contributed by atoms with Crippen molar-refractivity contribution < 1.29 is 9.47 Å². The van der Waals surface area contributed by atoms with Gasteiger partial charge in [-0.25, -0.2) is 9.98 Å². The number of guanidine groups is 1. The molecular formula is C23H34IN5O2S. The number of nitrogens with one attached hydrogen (secondary N) is 2. The average Bonchev–Trinajstić information content (AvgIpc) is 3.49. The molecular weight excluding hydrogens is 537 g/mol. The molecule has 1 aliphatic heterocycles. The summed E-state index contributed by atoms with van der Waals surface area (Å²) in [6, 6.07) is 8.65. The highest BCUT2D eigenvalue weighted by atomic mass is 127. The molecule has 7 nitrogen and oxygen atoms in total. The molecule has 0 spiro atoms. The number of aliphatic imine (C=N–C) groups is 1. The first-order valence-electron chi connectivity index (χ1n) is 11.3. The Morgan fingerprint density at radius 2 is 2.12 bits per heavy atom. The fraction of sp³-hybridized carbons (Fsp3) is 0.565. The van der Waals surface area contributed by atoms with E-state index >= 15 is 0 Å². The monoisotopic (exact) mass is 571 g/mol. The third-order valence-electron chi connectivity index (χ3n) is 5.55. The number of ether oxygens (including phenoxy) is 2. The van der Waals surface area contributed by atoms with Gasteiger partial charge in [-0.2, -0.15) is 0 Å². The average molecular weight is 572 g/mol. The molecule has 0 amide bonds. The fourth-order valence-electron chi connectivity index (χ4n) is 3.56. The Bertz CT molecular complexity index is 808. The molecule has 2 fully saturated rings. The van der Waals surface area contributed by atoms with Crippen molar-refractivity contribution in [1.82, 2.24) is 20.5 Å². The van der Waals surface area contributed by atoms with Crippen molar-refractivity contribution in [1.29, 1.82) is 0 Å². The van der Waals surface area contributed by atoms with E-state index in [4.69, 9.17) is 14.5 Å². The van der Waals surface area contributed by atoms with Gasteiger partial charge in [0.15, 0.2) is 5.96 Å². The van der Waals surface area contributed by atoms with Crippen LogP contribution in [0.4, 0.5) is 0 Å². The highest BCUT2D eigenvalue weighted by Gasteiger charge is 2.24. The molecule has 1 saturated carbocycles. The third-order valence-corrected chi connectivity index (χ3v) is 6.52. The van der Waals surface area contributed by atoms with Crippen molar-refractivity contribution in [2.75, 3.05) is 46.0 Å². The molecule has 2 aromatic rings. The number of hydrogen-bond acceptors (Lipinski definition) is 6. The van der Waals surface area contributed by atoms with Gasteiger partial charge in [0, 0.05) is 43.3 Å². The lowest BCUT2D eigenvalue weighted by Crippen LogP contribution is -2.46. The van der Waals surface area contributed by atoms with Gasteiger partial charge in [0.2, 0.25) is 5.88 Å². The lowest BCUT2D eigenvalue weighted by Gasteiger charge is -2.34. The van der Waals surface area contributed by atoms with E-state index < -0.39 is 0 Å². The maximum atomic E-state index is 5.72. The molecule has 1 unspecified atom stereocenters. The summed E-state index contributed by atoms with van der Waals surface area (Å²) in [6.45, 7) is 8.57. The van der Waals surface area contributed by atoms with E-state index in [0.29, 0.717) is 18.5 Å². The summed E-state index contributed by atoms with van der Waals surface area (Å²) >= 11 is 1.81. The molecule has 0 bridgehead atoms. The predicted molar refractivity (Wildman–Crippen MR) is 140 cm³/mol. The Morgan fingerprint density at radius 1 is 1.28 bits per heavy atom. The molecule has 2 N–H and O–H groups in total. The molecule has 4 rings (SSSR count). The SMILES string of the molecule is CCNC(=NCc1ccc(OCC2CC2)nc1)NCC(c1cccs1)N1CCOCC1.I. The van der Waals surface area contributed by atoms with Crippen LogP contribution >= 0.6 is 35.3 Å². The van der Waals surface area contributed by atoms with E-state index in [1.165, 1.54) is 17.7 Å². The fourth-order valence-corrected chi connectivity index (χ4v) is 4.42. The molecule has 176 valence electrons. The summed E-state index contributed by atoms with van der Waals surface area (Å²) in [5.74, 6) is 2.26. The minimum atomic E-state index is 0. The van der Waals surface area contributed by atoms with Crippen LogP contribution in [0.5, 0.6) is 5.88 Å². The highest BCUT2D eigenvalue weighted by Crippen LogP contribution is 2.29. The van der Waals surface area contributed by atoms with E-state index in [2.05, 4.69) is 45.0 Å². The summed E-state index contributed by atoms with van der Waals surface area (Å²) in [5.41, 5.74) is 1.07. The summed E-state index contributed by atoms with van der Waals surface area (Å²) in [6.07, 6.45) is 4.43. The van der Waals surface area contributed by atoms with Gasteiger partial charge in [0.1, 0.15) is 0 Å². The van der Waals surface area contributed by atoms with E-state index in [9.17, 15) is 0 Å². The summed E-state index contributed by atoms with van der Waals surface area (Å²) in [5, 5.41) is 9.05. The number of aromatic nitrogens is 1. The number of nitrogens with zero attached hydrogens (tertiary/aromatic N) is 3. The van der Waals surface area contributed by atoms with Crippen LogP contribution in [0.3, 0.4) is 0 Å². The molecule has 1 saturated heterocycles. The van der Waals surface area contributed by atoms with E-state index in [-0.39, 0.29) is 24.0 Å². The van der Waals surface area contributed by atoms with Crippen LogP contribution < -0.4 is 15.4 Å². The van der Waals surface area contributed by atoms with Crippen molar-refractivity contribution >= 4 is 41.3 Å². The largest absolute Gasteiger partial charge is 0.477 e. The minimum absolute atomic E-state index is 0. The maximum Gasteiger partial charge on any atom is 0.213 e. The third kappa shape index (κ3) is 7.86. The summed E-state index contributed by atoms with van der Waals surface area (Å²) in [4.78, 5) is 13.1. The van der Waals surface area contributed by atoms with Crippen LogP contribution in [0.2, 0.25) is 0 Å². The standard InChI is InChI=1S/C23H33N5O2S.HI/c1-2-24-23(26-15-19-7-8-22(25-14-19)30-17-18-5-6-18)27-16-20(21-4-3-13-31-21)28-9-11-29-12-10-28;/h3-4,7-8,13-14,18,20H,2,5-6,9-12,15-17H2,1H3,(H2,24,26,27);1H. The molecule has 32 heavy (non-hydrogen) atoms. The zero-order valence-corrected chi connectivity index (χ0v) is 21.8. The Balaban J connectivity index is 0.00000289. The van der Waals surface area contributed by atoms with Gasteiger partial charge in [-0.15, -0.1) is 35.3 Å². The van der Waals surface area contributed by atoms with Crippen molar-refractivity contribution in [3.05, 3.63) is 46.3 Å². The smallest absolute Gasteiger partial charge is 0.213 e. The first kappa shape index (κ1) is 25.2. The van der Waals surface area contributed by atoms with Crippen LogP contribution in [-0.4, -0.2) is 61.8 Å². The van der Waals surface area contributed by atoms with E-state index in [1.54, 1.807) is 0 Å². The first-order valence-corrected chi connectivity index (χ1v) is 12.1. The molecule has 3 heterocycles. The molecule has 1 atom stereocenters. The Hall–Kier alpha value is -1.43. The number of pyridine rings is 1. The molecule has 0 aromatic carbocycles. The minimum Gasteiger partial charge on any atom is -0.477 e. The Morgan fingerprint density at radius 3 is 2.78 bits per heavy atom. The van der Waals surface area contributed by atoms with Gasteiger partial charge in [-0.3, -0.25) is 4.90 Å². The van der Waals surface area contributed by atoms with Crippen LogP contribution in [-0.2, 0) is 11.3 Å². The maximum absolute atomic E-state index is 5.72. The molecule has 2 aliphatic rings. The van der Waals surface area contributed by atoms with Crippen molar-refractivity contribution in [2.24, 2.45) is 10.9 Å². The molecule has 9 heteroatoms. The van der Waals surface area contributed by atoms with E-state index in [0.717, 1.165) is 63.4 Å². The predicted octanol–water partition coefficient (Wildman–Crippen LogP) is 3.68. The Labute approximate surface area is 212 Å². The van der Waals surface area contributed by atoms with Gasteiger partial charge in [-0.05, 0) is 42.7 Å². The highest BCUT2D eigenvalue weighted by molar-refractivity contribution is 14.0. The lowest BCUT2D eigenvalue weighted by atomic mass is 10.2. The molecule has 1 aliphatic carbocycles. The van der Waals surface area contributed by atoms with Crippen LogP contribution in [0.25, 0.3) is 0 Å². The zero-order chi connectivity index (χ0) is 21.3. The van der Waals surface area contributed by atoms with E-state index in [1.807, 2.05) is 29.7 Å². The van der Waals surface area contributed by atoms with Crippen LogP contribution in [0.15, 0.2) is 40.8 Å². The normalized spacial score (nSPS) is 18.0. The Kier molecular flexibility index (Phi) is 10.5. The van der Waals surface area contributed by atoms with Gasteiger partial charge in [0.25, 0.3) is 0 Å². The van der Waals surface area contributed by atoms with Crippen LogP contribution in [0, 0.1) is 5.92 Å². The van der Waals surface area contributed by atoms with Crippen molar-refractivity contribution in [3.8, 4) is 5.88 Å². The zero-order valence-electron chi connectivity index (χ0n) is 18.7. The van der Waals surface area contributed by atoms with Gasteiger partial charge < -0.3 is 20.1 Å². The number of rotatable bonds is 10. The topological polar surface area (TPSA) is 71.0 Å². The number of halogens is 1. The summed E-state index contributed by atoms with van der Waals surface area (Å²) < 4.78 is 11.3. The number of morpholine rings is 1. The molecule has 2 aromatic heterocycles. The summed E-state index contributed by atoms with van der Waals surface area (Å²) in [7, 11) is 0. The van der Waals surface area contributed by atoms with Gasteiger partial charge >= 0.3 is 0 Å². The van der Waals surface area contributed by atoms with Gasteiger partial charge in [0.05, 0.1) is 32.4 Å². The van der Waals surface area contributed by atoms with Crippen molar-refractivity contribution in [2.45, 2.75) is 32.4 Å². The number of hydrogen-bond donors (Lipinski definition) is 2. The number of thiophene rings is 1. The second-order valence-corrected chi connectivity index (χ2v) is 8.99. The van der Waals surface area contributed by atoms with Crippen LogP contribution in [0.1, 0.15) is 36.2 Å². The van der Waals surface area contributed by atoms with Crippen molar-refractivity contribution in [3.63, 3.8) is 0 Å². The molecule has 0 radical (unpaired) electrons. The van der Waals surface area contributed by atoms with Gasteiger partial charge in [-0.1, -0.05) is 12.1 Å².